The molecule has 0 fully saturated rings. The lowest BCUT2D eigenvalue weighted by molar-refractivity contribution is 0.0992. The number of hydrogen-bond acceptors (Lipinski definition) is 1. The molecule has 18 heavy (non-hydrogen) atoms. The largest absolute Gasteiger partial charge is 0.294 e. The fraction of sp³-hybridized carbons (Fsp3) is 0.235. The maximum Gasteiger partial charge on any atom is 0.167 e. The molecule has 2 rings (SSSR count). The highest BCUT2D eigenvalue weighted by atomic mass is 16.1. The van der Waals surface area contributed by atoms with Gasteiger partial charge in [0.05, 0.1) is 0 Å². The van der Waals surface area contributed by atoms with Crippen molar-refractivity contribution in [2.45, 2.75) is 27.2 Å². The van der Waals surface area contributed by atoms with E-state index < -0.39 is 0 Å². The van der Waals surface area contributed by atoms with Crippen LogP contribution in [0.2, 0.25) is 0 Å². The van der Waals surface area contributed by atoms with E-state index in [1.165, 1.54) is 11.1 Å². The van der Waals surface area contributed by atoms with Crippen molar-refractivity contribution < 1.29 is 4.79 Å². The summed E-state index contributed by atoms with van der Waals surface area (Å²) in [5, 5.41) is 0. The Labute approximate surface area is 108 Å². The molecule has 0 saturated heterocycles. The normalized spacial score (nSPS) is 10.4. The molecule has 0 spiro atoms. The molecule has 0 heterocycles. The molecule has 2 aromatic rings. The maximum absolute atomic E-state index is 12.3. The second kappa shape index (κ2) is 5.18. The standard InChI is InChI=1S/C17H18O/c1-12-7-4-5-10-15(12)17(18)11-16-13(2)8-6-9-14(16)3/h4-10H,11H2,1-3H3. The number of rotatable bonds is 3. The Hall–Kier alpha value is -1.89. The zero-order valence-electron chi connectivity index (χ0n) is 11.2. The van der Waals surface area contributed by atoms with Crippen LogP contribution in [-0.4, -0.2) is 5.78 Å². The number of carbonyl (C=O) groups excluding carboxylic acids is 1. The van der Waals surface area contributed by atoms with Crippen LogP contribution in [0.4, 0.5) is 0 Å². The van der Waals surface area contributed by atoms with E-state index in [4.69, 9.17) is 0 Å². The van der Waals surface area contributed by atoms with Crippen LogP contribution >= 0.6 is 0 Å². The third kappa shape index (κ3) is 2.51. The first-order valence-electron chi connectivity index (χ1n) is 6.23. The molecule has 0 aromatic heterocycles. The van der Waals surface area contributed by atoms with Crippen molar-refractivity contribution >= 4 is 5.78 Å². The number of aryl methyl sites for hydroxylation is 3. The second-order valence-electron chi connectivity index (χ2n) is 4.79. The van der Waals surface area contributed by atoms with E-state index in [-0.39, 0.29) is 5.78 Å². The smallest absolute Gasteiger partial charge is 0.167 e. The van der Waals surface area contributed by atoms with Crippen molar-refractivity contribution in [2.75, 3.05) is 0 Å². The van der Waals surface area contributed by atoms with Gasteiger partial charge < -0.3 is 0 Å². The van der Waals surface area contributed by atoms with Crippen molar-refractivity contribution in [3.05, 3.63) is 70.3 Å². The van der Waals surface area contributed by atoms with Crippen molar-refractivity contribution in [3.63, 3.8) is 0 Å². The second-order valence-corrected chi connectivity index (χ2v) is 4.79. The molecular weight excluding hydrogens is 220 g/mol. The molecule has 0 aliphatic rings. The third-order valence-corrected chi connectivity index (χ3v) is 3.43. The zero-order valence-corrected chi connectivity index (χ0v) is 11.2. The number of Topliss-reactive ketones (excluding diaryl/α,β-unsaturated/α-hetero) is 1. The Morgan fingerprint density at radius 3 is 2.00 bits per heavy atom. The van der Waals surface area contributed by atoms with Gasteiger partial charge in [-0.2, -0.15) is 0 Å². The fourth-order valence-corrected chi connectivity index (χ4v) is 2.27. The summed E-state index contributed by atoms with van der Waals surface area (Å²) in [5.74, 6) is 0.200. The SMILES string of the molecule is Cc1ccccc1C(=O)Cc1c(C)cccc1C. The molecule has 0 saturated carbocycles. The fourth-order valence-electron chi connectivity index (χ4n) is 2.27. The van der Waals surface area contributed by atoms with Crippen molar-refractivity contribution in [3.8, 4) is 0 Å². The average molecular weight is 238 g/mol. The monoisotopic (exact) mass is 238 g/mol. The van der Waals surface area contributed by atoms with Gasteiger partial charge >= 0.3 is 0 Å². The van der Waals surface area contributed by atoms with Crippen LogP contribution in [0.5, 0.6) is 0 Å². The molecule has 0 N–H and O–H groups in total. The van der Waals surface area contributed by atoms with Crippen LogP contribution in [0, 0.1) is 20.8 Å². The molecular formula is C17H18O. The van der Waals surface area contributed by atoms with Gasteiger partial charge in [-0.15, -0.1) is 0 Å². The minimum atomic E-state index is 0.200. The minimum absolute atomic E-state index is 0.200. The summed E-state index contributed by atoms with van der Waals surface area (Å²) in [6, 6.07) is 13.9. The molecule has 1 heteroatoms. The number of benzene rings is 2. The summed E-state index contributed by atoms with van der Waals surface area (Å²) in [7, 11) is 0. The average Bonchev–Trinajstić information content (AvgIpc) is 2.34. The van der Waals surface area contributed by atoms with Crippen LogP contribution in [-0.2, 0) is 6.42 Å². The van der Waals surface area contributed by atoms with Crippen molar-refractivity contribution in [1.29, 1.82) is 0 Å². The van der Waals surface area contributed by atoms with E-state index in [2.05, 4.69) is 26.0 Å². The molecule has 1 nitrogen and oxygen atoms in total. The number of ketones is 1. The van der Waals surface area contributed by atoms with Crippen molar-refractivity contribution in [2.24, 2.45) is 0 Å². The van der Waals surface area contributed by atoms with E-state index in [1.807, 2.05) is 37.3 Å². The molecule has 0 bridgehead atoms. The first-order valence-corrected chi connectivity index (χ1v) is 6.23. The van der Waals surface area contributed by atoms with Gasteiger partial charge in [-0.25, -0.2) is 0 Å². The predicted molar refractivity (Wildman–Crippen MR) is 75.1 cm³/mol. The van der Waals surface area contributed by atoms with Gasteiger partial charge in [-0.3, -0.25) is 4.79 Å². The molecule has 0 amide bonds. The lowest BCUT2D eigenvalue weighted by atomic mass is 9.94. The van der Waals surface area contributed by atoms with Crippen molar-refractivity contribution in [1.82, 2.24) is 0 Å². The van der Waals surface area contributed by atoms with Gasteiger partial charge in [0.1, 0.15) is 0 Å². The van der Waals surface area contributed by atoms with E-state index in [0.29, 0.717) is 6.42 Å². The predicted octanol–water partition coefficient (Wildman–Crippen LogP) is 4.04. The van der Waals surface area contributed by atoms with E-state index in [1.54, 1.807) is 0 Å². The molecule has 92 valence electrons. The first-order chi connectivity index (χ1) is 8.59. The molecule has 0 radical (unpaired) electrons. The summed E-state index contributed by atoms with van der Waals surface area (Å²) >= 11 is 0. The molecule has 0 aliphatic heterocycles. The Morgan fingerprint density at radius 2 is 1.39 bits per heavy atom. The van der Waals surface area contributed by atoms with Gasteiger partial charge in [-0.05, 0) is 43.0 Å². The summed E-state index contributed by atoms with van der Waals surface area (Å²) in [5.41, 5.74) is 5.42. The van der Waals surface area contributed by atoms with E-state index in [9.17, 15) is 4.79 Å². The zero-order chi connectivity index (χ0) is 13.1. The highest BCUT2D eigenvalue weighted by molar-refractivity contribution is 5.99. The van der Waals surface area contributed by atoms with Gasteiger partial charge in [0, 0.05) is 12.0 Å². The maximum atomic E-state index is 12.3. The topological polar surface area (TPSA) is 17.1 Å². The summed E-state index contributed by atoms with van der Waals surface area (Å²) in [6.07, 6.45) is 0.489. The quantitative estimate of drug-likeness (QED) is 0.738. The van der Waals surface area contributed by atoms with Crippen LogP contribution in [0.15, 0.2) is 42.5 Å². The van der Waals surface area contributed by atoms with Crippen LogP contribution in [0.25, 0.3) is 0 Å². The summed E-state index contributed by atoms with van der Waals surface area (Å²) in [6.45, 7) is 6.11. The van der Waals surface area contributed by atoms with E-state index in [0.717, 1.165) is 16.7 Å². The lowest BCUT2D eigenvalue weighted by Crippen LogP contribution is -2.08. The van der Waals surface area contributed by atoms with Crippen LogP contribution < -0.4 is 0 Å². The third-order valence-electron chi connectivity index (χ3n) is 3.43. The minimum Gasteiger partial charge on any atom is -0.294 e. The lowest BCUT2D eigenvalue weighted by Gasteiger charge is -2.10. The van der Waals surface area contributed by atoms with Gasteiger partial charge in [0.15, 0.2) is 5.78 Å². The first kappa shape index (κ1) is 12.6. The summed E-state index contributed by atoms with van der Waals surface area (Å²) in [4.78, 5) is 12.3. The highest BCUT2D eigenvalue weighted by Crippen LogP contribution is 2.17. The Morgan fingerprint density at radius 1 is 0.833 bits per heavy atom. The van der Waals surface area contributed by atoms with Gasteiger partial charge in [0.25, 0.3) is 0 Å². The van der Waals surface area contributed by atoms with Gasteiger partial charge in [0.2, 0.25) is 0 Å². The Balaban J connectivity index is 2.30. The number of hydrogen-bond donors (Lipinski definition) is 0. The molecule has 0 unspecified atom stereocenters. The highest BCUT2D eigenvalue weighted by Gasteiger charge is 2.12. The molecule has 0 atom stereocenters. The van der Waals surface area contributed by atoms with E-state index >= 15 is 0 Å². The van der Waals surface area contributed by atoms with Gasteiger partial charge in [-0.1, -0.05) is 42.5 Å². The molecule has 2 aromatic carbocycles. The Kier molecular flexibility index (Phi) is 3.61. The van der Waals surface area contributed by atoms with Crippen LogP contribution in [0.1, 0.15) is 32.6 Å². The van der Waals surface area contributed by atoms with Crippen LogP contribution in [0.3, 0.4) is 0 Å². The summed E-state index contributed by atoms with van der Waals surface area (Å²) < 4.78 is 0. The number of carbonyl (C=O) groups is 1. The Bertz CT molecular complexity index is 562. The molecule has 0 aliphatic carbocycles.